The SMILES string of the molecule is CC(C)[N+](C)(N)N. The van der Waals surface area contributed by atoms with Gasteiger partial charge < -0.3 is 0 Å². The first-order valence-corrected chi connectivity index (χ1v) is 2.38. The third-order valence-electron chi connectivity index (χ3n) is 1.11. The van der Waals surface area contributed by atoms with Gasteiger partial charge >= 0.3 is 0 Å². The normalized spacial score (nSPS) is 12.9. The van der Waals surface area contributed by atoms with Gasteiger partial charge in [-0.05, 0) is 13.8 Å². The maximum Gasteiger partial charge on any atom is 0.118 e. The topological polar surface area (TPSA) is 52.0 Å². The van der Waals surface area contributed by atoms with Crippen LogP contribution in [0.5, 0.6) is 0 Å². The van der Waals surface area contributed by atoms with Crippen molar-refractivity contribution in [3.63, 3.8) is 0 Å². The summed E-state index contributed by atoms with van der Waals surface area (Å²) in [6.07, 6.45) is 0. The highest BCUT2D eigenvalue weighted by Crippen LogP contribution is 1.89. The van der Waals surface area contributed by atoms with Crippen LogP contribution >= 0.6 is 0 Å². The van der Waals surface area contributed by atoms with E-state index in [1.165, 1.54) is 0 Å². The summed E-state index contributed by atoms with van der Waals surface area (Å²) >= 11 is 0. The molecule has 0 amide bonds. The lowest BCUT2D eigenvalue weighted by Crippen LogP contribution is -2.61. The summed E-state index contributed by atoms with van der Waals surface area (Å²) < 4.78 is 0.0556. The molecule has 0 saturated carbocycles. The summed E-state index contributed by atoms with van der Waals surface area (Å²) in [4.78, 5) is 0. The Balaban J connectivity index is 3.54. The first kappa shape index (κ1) is 6.88. The average Bonchev–Trinajstić information content (AvgIpc) is 1.31. The fourth-order valence-electron chi connectivity index (χ4n) is 0. The van der Waals surface area contributed by atoms with E-state index < -0.39 is 0 Å². The van der Waals surface area contributed by atoms with Gasteiger partial charge in [0.15, 0.2) is 0 Å². The van der Waals surface area contributed by atoms with Gasteiger partial charge in [-0.15, -0.1) is 0 Å². The Morgan fingerprint density at radius 1 is 1.29 bits per heavy atom. The molecule has 0 aliphatic carbocycles. The minimum atomic E-state index is 0.0556. The fourth-order valence-corrected chi connectivity index (χ4v) is 0. The van der Waals surface area contributed by atoms with E-state index in [1.54, 1.807) is 7.05 Å². The molecule has 0 saturated heterocycles. The lowest BCUT2D eigenvalue weighted by atomic mass is 10.4. The summed E-state index contributed by atoms with van der Waals surface area (Å²) in [7, 11) is 1.75. The average molecular weight is 104 g/mol. The van der Waals surface area contributed by atoms with E-state index in [4.69, 9.17) is 11.7 Å². The van der Waals surface area contributed by atoms with Crippen molar-refractivity contribution in [2.45, 2.75) is 19.9 Å². The van der Waals surface area contributed by atoms with Gasteiger partial charge in [0, 0.05) is 0 Å². The number of nitrogens with zero attached hydrogens (tertiary/aromatic N) is 1. The third kappa shape index (κ3) is 2.56. The molecule has 4 N–H and O–H groups in total. The van der Waals surface area contributed by atoms with Crippen molar-refractivity contribution in [1.82, 2.24) is 0 Å². The third-order valence-corrected chi connectivity index (χ3v) is 1.11. The highest BCUT2D eigenvalue weighted by atomic mass is 15.7. The fraction of sp³-hybridized carbons (Fsp3) is 1.00. The zero-order valence-corrected chi connectivity index (χ0v) is 5.18. The smallest absolute Gasteiger partial charge is 0.118 e. The van der Waals surface area contributed by atoms with Crippen molar-refractivity contribution in [3.8, 4) is 0 Å². The Morgan fingerprint density at radius 3 is 1.43 bits per heavy atom. The number of hydrogen-bond acceptors (Lipinski definition) is 2. The summed E-state index contributed by atoms with van der Waals surface area (Å²) in [6.45, 7) is 3.94. The van der Waals surface area contributed by atoms with Gasteiger partial charge in [-0.1, -0.05) is 0 Å². The van der Waals surface area contributed by atoms with Crippen LogP contribution in [0.25, 0.3) is 0 Å². The second-order valence-corrected chi connectivity index (χ2v) is 2.32. The maximum absolute atomic E-state index is 5.39. The second kappa shape index (κ2) is 1.78. The zero-order chi connectivity index (χ0) is 6.08. The van der Waals surface area contributed by atoms with Gasteiger partial charge in [0.25, 0.3) is 0 Å². The Bertz CT molecular complexity index is 52.4. The Hall–Kier alpha value is -0.120. The van der Waals surface area contributed by atoms with Crippen molar-refractivity contribution in [2.75, 3.05) is 7.05 Å². The largest absolute Gasteiger partial charge is 0.177 e. The van der Waals surface area contributed by atoms with E-state index in [0.29, 0.717) is 6.04 Å². The quantitative estimate of drug-likeness (QED) is 0.270. The summed E-state index contributed by atoms with van der Waals surface area (Å²) in [5, 5.41) is 0. The van der Waals surface area contributed by atoms with Gasteiger partial charge in [0.05, 0.1) is 0 Å². The minimum Gasteiger partial charge on any atom is -0.177 e. The van der Waals surface area contributed by atoms with Crippen LogP contribution in [0.2, 0.25) is 0 Å². The lowest BCUT2D eigenvalue weighted by molar-refractivity contribution is -0.953. The van der Waals surface area contributed by atoms with Crippen molar-refractivity contribution in [2.24, 2.45) is 11.7 Å². The molecule has 3 nitrogen and oxygen atoms in total. The van der Waals surface area contributed by atoms with E-state index >= 15 is 0 Å². The highest BCUT2D eigenvalue weighted by molar-refractivity contribution is 4.28. The van der Waals surface area contributed by atoms with Crippen LogP contribution in [0, 0.1) is 0 Å². The van der Waals surface area contributed by atoms with E-state index in [0.717, 1.165) is 0 Å². The van der Waals surface area contributed by atoms with Crippen LogP contribution in [0.15, 0.2) is 0 Å². The van der Waals surface area contributed by atoms with Crippen molar-refractivity contribution >= 4 is 0 Å². The van der Waals surface area contributed by atoms with E-state index in [2.05, 4.69) is 0 Å². The number of nitrogens with two attached hydrogens (primary N) is 2. The maximum atomic E-state index is 5.39. The molecule has 0 rings (SSSR count). The summed E-state index contributed by atoms with van der Waals surface area (Å²) in [5.74, 6) is 10.8. The minimum absolute atomic E-state index is 0.0556. The molecule has 3 heteroatoms. The van der Waals surface area contributed by atoms with Crippen LogP contribution in [0.1, 0.15) is 13.8 Å². The van der Waals surface area contributed by atoms with Crippen LogP contribution in [-0.4, -0.2) is 17.8 Å². The standard InChI is InChI=1S/C4H14N3/c1-4(2)7(3,5)6/h4H,5-6H2,1-3H3/q+1. The number of rotatable bonds is 1. The highest BCUT2D eigenvalue weighted by Gasteiger charge is 2.13. The van der Waals surface area contributed by atoms with Gasteiger partial charge in [0.2, 0.25) is 0 Å². The van der Waals surface area contributed by atoms with Crippen LogP contribution in [-0.2, 0) is 0 Å². The molecule has 0 radical (unpaired) electrons. The Morgan fingerprint density at radius 2 is 1.43 bits per heavy atom. The predicted octanol–water partition coefficient (Wildman–Crippen LogP) is -0.411. The molecule has 0 heterocycles. The van der Waals surface area contributed by atoms with E-state index in [1.807, 2.05) is 13.8 Å². The van der Waals surface area contributed by atoms with Crippen molar-refractivity contribution in [1.29, 1.82) is 0 Å². The molecule has 0 aromatic rings. The van der Waals surface area contributed by atoms with Crippen molar-refractivity contribution in [3.05, 3.63) is 0 Å². The van der Waals surface area contributed by atoms with Crippen LogP contribution in [0.4, 0.5) is 0 Å². The lowest BCUT2D eigenvalue weighted by Gasteiger charge is -2.24. The van der Waals surface area contributed by atoms with Gasteiger partial charge in [-0.3, -0.25) is 0 Å². The second-order valence-electron chi connectivity index (χ2n) is 2.32. The molecule has 0 fully saturated rings. The number of hydrogen-bond donors (Lipinski definition) is 2. The molecule has 0 aromatic heterocycles. The monoisotopic (exact) mass is 104 g/mol. The molecule has 0 atom stereocenters. The van der Waals surface area contributed by atoms with Gasteiger partial charge in [-0.2, -0.15) is 16.4 Å². The predicted molar refractivity (Wildman–Crippen MR) is 29.7 cm³/mol. The van der Waals surface area contributed by atoms with Gasteiger partial charge in [-0.25, -0.2) is 0 Å². The molecule has 7 heavy (non-hydrogen) atoms. The van der Waals surface area contributed by atoms with Crippen LogP contribution < -0.4 is 11.7 Å². The molecule has 0 bridgehead atoms. The molecule has 0 aliphatic heterocycles. The molecular formula is C4H14N3+. The molecule has 0 aliphatic rings. The van der Waals surface area contributed by atoms with Crippen LogP contribution in [0.3, 0.4) is 0 Å². The van der Waals surface area contributed by atoms with E-state index in [-0.39, 0.29) is 4.70 Å². The molecule has 0 spiro atoms. The molecule has 44 valence electrons. The first-order valence-electron chi connectivity index (χ1n) is 2.38. The molecule has 0 unspecified atom stereocenters. The number of quaternary nitrogens is 1. The Kier molecular flexibility index (Phi) is 1.75. The van der Waals surface area contributed by atoms with Gasteiger partial charge in [0.1, 0.15) is 13.1 Å². The Labute approximate surface area is 44.4 Å². The molecular weight excluding hydrogens is 90.1 g/mol. The summed E-state index contributed by atoms with van der Waals surface area (Å²) in [5.41, 5.74) is 0. The van der Waals surface area contributed by atoms with E-state index in [9.17, 15) is 0 Å². The first-order chi connectivity index (χ1) is 2.94. The summed E-state index contributed by atoms with van der Waals surface area (Å²) in [6, 6.07) is 0.292. The molecule has 0 aromatic carbocycles. The van der Waals surface area contributed by atoms with Crippen molar-refractivity contribution < 1.29 is 4.70 Å². The zero-order valence-electron chi connectivity index (χ0n) is 5.18.